The number of nitro benzene ring substituents is 1. The predicted molar refractivity (Wildman–Crippen MR) is 73.8 cm³/mol. The molecule has 1 aliphatic rings. The average molecular weight is 299 g/mol. The third-order valence-electron chi connectivity index (χ3n) is 3.69. The van der Waals surface area contributed by atoms with Crippen LogP contribution >= 0.6 is 11.6 Å². The van der Waals surface area contributed by atoms with Crippen molar-refractivity contribution in [2.45, 2.75) is 19.4 Å². The van der Waals surface area contributed by atoms with Gasteiger partial charge >= 0.3 is 5.69 Å². The zero-order valence-electron chi connectivity index (χ0n) is 11.2. The molecule has 1 aliphatic heterocycles. The zero-order chi connectivity index (χ0) is 15.1. The van der Waals surface area contributed by atoms with Gasteiger partial charge in [0.1, 0.15) is 16.2 Å². The molecule has 0 radical (unpaired) electrons. The number of amides is 1. The lowest BCUT2D eigenvalue weighted by Crippen LogP contribution is -2.66. The highest BCUT2D eigenvalue weighted by molar-refractivity contribution is 6.33. The quantitative estimate of drug-likeness (QED) is 0.684. The Morgan fingerprint density at radius 2 is 2.10 bits per heavy atom. The van der Waals surface area contributed by atoms with E-state index in [4.69, 9.17) is 11.6 Å². The molecule has 1 aromatic rings. The van der Waals surface area contributed by atoms with E-state index < -0.39 is 16.4 Å². The molecule has 108 valence electrons. The van der Waals surface area contributed by atoms with Crippen molar-refractivity contribution >= 4 is 23.2 Å². The van der Waals surface area contributed by atoms with E-state index in [9.17, 15) is 20.0 Å². The Morgan fingerprint density at radius 1 is 1.50 bits per heavy atom. The number of halogens is 1. The summed E-state index contributed by atoms with van der Waals surface area (Å²) in [7, 11) is 0. The molecule has 0 aromatic heterocycles. The lowest BCUT2D eigenvalue weighted by molar-refractivity contribution is -0.385. The van der Waals surface area contributed by atoms with E-state index in [-0.39, 0.29) is 35.3 Å². The van der Waals surface area contributed by atoms with Crippen molar-refractivity contribution in [2.24, 2.45) is 5.92 Å². The fraction of sp³-hybridized carbons (Fsp3) is 0.462. The number of nitro groups is 1. The van der Waals surface area contributed by atoms with Crippen molar-refractivity contribution in [3.63, 3.8) is 0 Å². The second kappa shape index (κ2) is 5.03. The smallest absolute Gasteiger partial charge is 0.300 e. The van der Waals surface area contributed by atoms with Crippen LogP contribution in [0.4, 0.5) is 5.69 Å². The molecule has 1 N–H and O–H groups in total. The van der Waals surface area contributed by atoms with Crippen LogP contribution in [0.2, 0.25) is 5.02 Å². The maximum atomic E-state index is 12.3. The van der Waals surface area contributed by atoms with Crippen LogP contribution < -0.4 is 0 Å². The van der Waals surface area contributed by atoms with Gasteiger partial charge in [0.05, 0.1) is 18.0 Å². The topological polar surface area (TPSA) is 83.7 Å². The first-order chi connectivity index (χ1) is 9.26. The van der Waals surface area contributed by atoms with E-state index in [0.717, 1.165) is 0 Å². The molecule has 0 spiro atoms. The molecule has 0 bridgehead atoms. The van der Waals surface area contributed by atoms with Gasteiger partial charge in [-0.2, -0.15) is 0 Å². The highest BCUT2D eigenvalue weighted by Crippen LogP contribution is 2.33. The van der Waals surface area contributed by atoms with Gasteiger partial charge in [0, 0.05) is 0 Å². The molecule has 0 saturated carbocycles. The summed E-state index contributed by atoms with van der Waals surface area (Å²) in [5.74, 6) is -0.467. The van der Waals surface area contributed by atoms with Gasteiger partial charge in [-0.1, -0.05) is 31.5 Å². The number of likely N-dealkylation sites (tertiary alicyclic amines) is 1. The summed E-state index contributed by atoms with van der Waals surface area (Å²) in [5.41, 5.74) is -1.35. The molecule has 0 atom stereocenters. The number of benzene rings is 1. The number of carbonyl (C=O) groups is 1. The Hall–Kier alpha value is -1.66. The van der Waals surface area contributed by atoms with Crippen LogP contribution in [-0.4, -0.2) is 39.5 Å². The predicted octanol–water partition coefficient (Wildman–Crippen LogP) is 2.09. The minimum absolute atomic E-state index is 0.0147. The van der Waals surface area contributed by atoms with Gasteiger partial charge in [-0.05, 0) is 18.1 Å². The van der Waals surface area contributed by atoms with Gasteiger partial charge < -0.3 is 10.0 Å². The third-order valence-corrected chi connectivity index (χ3v) is 4.00. The Balaban J connectivity index is 2.25. The van der Waals surface area contributed by atoms with Gasteiger partial charge in [-0.3, -0.25) is 14.9 Å². The second-order valence-electron chi connectivity index (χ2n) is 5.31. The van der Waals surface area contributed by atoms with Crippen LogP contribution in [0.1, 0.15) is 24.2 Å². The minimum Gasteiger partial charge on any atom is -0.386 e. The van der Waals surface area contributed by atoms with Crippen molar-refractivity contribution in [1.29, 1.82) is 0 Å². The largest absolute Gasteiger partial charge is 0.386 e. The van der Waals surface area contributed by atoms with Crippen LogP contribution in [-0.2, 0) is 0 Å². The summed E-state index contributed by atoms with van der Waals surface area (Å²) >= 11 is 5.78. The summed E-state index contributed by atoms with van der Waals surface area (Å²) in [6, 6.07) is 4.24. The molecule has 1 fully saturated rings. The molecule has 0 unspecified atom stereocenters. The molecular formula is C13H15ClN2O4. The molecular weight excluding hydrogens is 284 g/mol. The number of aliphatic hydroxyl groups is 1. The van der Waals surface area contributed by atoms with Crippen molar-refractivity contribution in [2.75, 3.05) is 13.1 Å². The second-order valence-corrected chi connectivity index (χ2v) is 5.72. The summed E-state index contributed by atoms with van der Waals surface area (Å²) < 4.78 is 0. The average Bonchev–Trinajstić information content (AvgIpc) is 2.33. The van der Waals surface area contributed by atoms with Crippen LogP contribution in [0.5, 0.6) is 0 Å². The first kappa shape index (κ1) is 14.7. The fourth-order valence-corrected chi connectivity index (χ4v) is 2.41. The Bertz CT molecular complexity index is 567. The number of carbonyl (C=O) groups excluding carboxylic acids is 1. The number of para-hydroxylation sites is 1. The molecule has 7 heteroatoms. The van der Waals surface area contributed by atoms with Crippen LogP contribution in [0, 0.1) is 16.0 Å². The normalized spacial score (nSPS) is 16.9. The van der Waals surface area contributed by atoms with Crippen molar-refractivity contribution in [3.8, 4) is 0 Å². The summed E-state index contributed by atoms with van der Waals surface area (Å²) in [6.07, 6.45) is 0. The van der Waals surface area contributed by atoms with E-state index in [0.29, 0.717) is 0 Å². The number of nitrogens with zero attached hydrogens (tertiary/aromatic N) is 2. The van der Waals surface area contributed by atoms with Crippen molar-refractivity contribution in [1.82, 2.24) is 4.90 Å². The first-order valence-corrected chi connectivity index (χ1v) is 6.58. The number of β-amino-alcohol motifs (C(OH)–C–C–N with tert-alkyl or cyclic N) is 1. The molecule has 20 heavy (non-hydrogen) atoms. The van der Waals surface area contributed by atoms with Gasteiger partial charge in [0.15, 0.2) is 0 Å². The molecule has 2 rings (SSSR count). The third kappa shape index (κ3) is 2.36. The molecule has 1 amide bonds. The lowest BCUT2D eigenvalue weighted by Gasteiger charge is -2.48. The highest BCUT2D eigenvalue weighted by atomic mass is 35.5. The van der Waals surface area contributed by atoms with Crippen LogP contribution in [0.15, 0.2) is 18.2 Å². The number of hydrogen-bond donors (Lipinski definition) is 1. The molecule has 1 aromatic carbocycles. The standard InChI is InChI=1S/C13H15ClN2O4/c1-8(2)13(18)6-15(7-13)12(17)9-4-3-5-10(14)11(9)16(19)20/h3-5,8,18H,6-7H2,1-2H3. The molecule has 6 nitrogen and oxygen atoms in total. The molecule has 0 aliphatic carbocycles. The Labute approximate surface area is 121 Å². The molecule has 1 heterocycles. The van der Waals surface area contributed by atoms with E-state index in [1.165, 1.54) is 23.1 Å². The van der Waals surface area contributed by atoms with Crippen molar-refractivity contribution in [3.05, 3.63) is 38.9 Å². The van der Waals surface area contributed by atoms with Gasteiger partial charge in [-0.15, -0.1) is 0 Å². The number of rotatable bonds is 3. The fourth-order valence-electron chi connectivity index (χ4n) is 2.17. The highest BCUT2D eigenvalue weighted by Gasteiger charge is 2.46. The summed E-state index contributed by atoms with van der Waals surface area (Å²) in [4.78, 5) is 24.0. The minimum atomic E-state index is -0.914. The van der Waals surface area contributed by atoms with E-state index in [1.807, 2.05) is 13.8 Å². The zero-order valence-corrected chi connectivity index (χ0v) is 11.9. The summed E-state index contributed by atoms with van der Waals surface area (Å²) in [6.45, 7) is 4.08. The number of hydrogen-bond acceptors (Lipinski definition) is 4. The monoisotopic (exact) mass is 298 g/mol. The summed E-state index contributed by atoms with van der Waals surface area (Å²) in [5, 5.41) is 21.1. The van der Waals surface area contributed by atoms with Gasteiger partial charge in [0.2, 0.25) is 0 Å². The maximum Gasteiger partial charge on any atom is 0.300 e. The Kier molecular flexibility index (Phi) is 3.71. The molecule has 1 saturated heterocycles. The van der Waals surface area contributed by atoms with E-state index >= 15 is 0 Å². The SMILES string of the molecule is CC(C)C1(O)CN(C(=O)c2cccc(Cl)c2[N+](=O)[O-])C1. The van der Waals surface area contributed by atoms with Crippen LogP contribution in [0.3, 0.4) is 0 Å². The van der Waals surface area contributed by atoms with Crippen LogP contribution in [0.25, 0.3) is 0 Å². The first-order valence-electron chi connectivity index (χ1n) is 6.21. The lowest BCUT2D eigenvalue weighted by atomic mass is 9.82. The van der Waals surface area contributed by atoms with Gasteiger partial charge in [-0.25, -0.2) is 0 Å². The van der Waals surface area contributed by atoms with E-state index in [2.05, 4.69) is 0 Å². The van der Waals surface area contributed by atoms with E-state index in [1.54, 1.807) is 0 Å². The van der Waals surface area contributed by atoms with Gasteiger partial charge in [0.25, 0.3) is 5.91 Å². The Morgan fingerprint density at radius 3 is 2.60 bits per heavy atom. The maximum absolute atomic E-state index is 12.3. The van der Waals surface area contributed by atoms with Crippen molar-refractivity contribution < 1.29 is 14.8 Å².